The number of nitrogens with one attached hydrogen (secondary N) is 1. The van der Waals surface area contributed by atoms with Gasteiger partial charge in [0.15, 0.2) is 5.16 Å². The molecule has 3 rings (SSSR count). The van der Waals surface area contributed by atoms with E-state index in [1.165, 1.54) is 23.9 Å². The van der Waals surface area contributed by atoms with Crippen molar-refractivity contribution in [1.82, 2.24) is 20.1 Å². The molecule has 1 heterocycles. The summed E-state index contributed by atoms with van der Waals surface area (Å²) in [5.41, 5.74) is 2.65. The summed E-state index contributed by atoms with van der Waals surface area (Å²) in [6.45, 7) is 3.78. The van der Waals surface area contributed by atoms with Crippen LogP contribution < -0.4 is 5.32 Å². The summed E-state index contributed by atoms with van der Waals surface area (Å²) in [5, 5.41) is 12.1. The molecule has 27 heavy (non-hydrogen) atoms. The van der Waals surface area contributed by atoms with Gasteiger partial charge in [0.25, 0.3) is 0 Å². The van der Waals surface area contributed by atoms with E-state index in [2.05, 4.69) is 15.5 Å². The molecule has 0 bridgehead atoms. The van der Waals surface area contributed by atoms with Crippen LogP contribution in [0.2, 0.25) is 5.02 Å². The summed E-state index contributed by atoms with van der Waals surface area (Å²) in [7, 11) is 0. The van der Waals surface area contributed by atoms with Crippen LogP contribution in [0.15, 0.2) is 53.9 Å². The van der Waals surface area contributed by atoms with E-state index in [1.807, 2.05) is 32.0 Å². The van der Waals surface area contributed by atoms with Crippen LogP contribution in [0.1, 0.15) is 24.1 Å². The van der Waals surface area contributed by atoms with E-state index in [4.69, 9.17) is 11.6 Å². The molecule has 1 unspecified atom stereocenters. The Morgan fingerprint density at radius 1 is 1.30 bits per heavy atom. The number of rotatable bonds is 6. The molecule has 0 saturated carbocycles. The maximum absolute atomic E-state index is 13.0. The van der Waals surface area contributed by atoms with E-state index in [-0.39, 0.29) is 23.5 Å². The first-order valence-corrected chi connectivity index (χ1v) is 9.64. The summed E-state index contributed by atoms with van der Waals surface area (Å²) in [4.78, 5) is 12.3. The Kier molecular flexibility index (Phi) is 6.13. The zero-order chi connectivity index (χ0) is 19.4. The van der Waals surface area contributed by atoms with Gasteiger partial charge in [0.1, 0.15) is 12.1 Å². The number of amides is 1. The van der Waals surface area contributed by atoms with E-state index in [0.29, 0.717) is 10.2 Å². The van der Waals surface area contributed by atoms with Gasteiger partial charge < -0.3 is 5.32 Å². The zero-order valence-corrected chi connectivity index (χ0v) is 16.4. The molecule has 2 aromatic carbocycles. The van der Waals surface area contributed by atoms with Crippen molar-refractivity contribution in [2.45, 2.75) is 25.0 Å². The minimum Gasteiger partial charge on any atom is -0.349 e. The van der Waals surface area contributed by atoms with E-state index >= 15 is 0 Å². The van der Waals surface area contributed by atoms with Crippen LogP contribution in [0.25, 0.3) is 5.69 Å². The average Bonchev–Trinajstić information content (AvgIpc) is 3.11. The van der Waals surface area contributed by atoms with Crippen LogP contribution in [0, 0.1) is 12.7 Å². The third-order valence-electron chi connectivity index (χ3n) is 4.03. The van der Waals surface area contributed by atoms with E-state index in [9.17, 15) is 9.18 Å². The highest BCUT2D eigenvalue weighted by Crippen LogP contribution is 2.24. The lowest BCUT2D eigenvalue weighted by Crippen LogP contribution is -2.28. The van der Waals surface area contributed by atoms with Crippen LogP contribution in [-0.4, -0.2) is 26.4 Å². The highest BCUT2D eigenvalue weighted by Gasteiger charge is 2.13. The molecule has 3 aromatic rings. The highest BCUT2D eigenvalue weighted by molar-refractivity contribution is 7.99. The molecular weight excluding hydrogens is 387 g/mol. The number of carbonyl (C=O) groups is 1. The maximum atomic E-state index is 13.0. The SMILES string of the molecule is Cc1ccc(-n2cnnc2SCC(=O)NC(C)c2ccc(F)cc2)cc1Cl. The molecule has 1 atom stereocenters. The smallest absolute Gasteiger partial charge is 0.230 e. The van der Waals surface area contributed by atoms with Gasteiger partial charge in [0.05, 0.1) is 17.5 Å². The second-order valence-corrected chi connectivity index (χ2v) is 7.40. The van der Waals surface area contributed by atoms with Gasteiger partial charge in [-0.25, -0.2) is 4.39 Å². The fraction of sp³-hybridized carbons (Fsp3) is 0.211. The first-order chi connectivity index (χ1) is 12.9. The van der Waals surface area contributed by atoms with Crippen LogP contribution in [0.5, 0.6) is 0 Å². The molecule has 1 amide bonds. The van der Waals surface area contributed by atoms with Gasteiger partial charge in [-0.1, -0.05) is 41.6 Å². The molecule has 8 heteroatoms. The molecule has 0 aliphatic carbocycles. The van der Waals surface area contributed by atoms with E-state index in [1.54, 1.807) is 23.0 Å². The summed E-state index contributed by atoms with van der Waals surface area (Å²) >= 11 is 7.47. The monoisotopic (exact) mass is 404 g/mol. The van der Waals surface area contributed by atoms with Crippen molar-refractivity contribution in [2.24, 2.45) is 0 Å². The van der Waals surface area contributed by atoms with E-state index in [0.717, 1.165) is 16.8 Å². The Hall–Kier alpha value is -2.38. The van der Waals surface area contributed by atoms with Crippen molar-refractivity contribution in [2.75, 3.05) is 5.75 Å². The van der Waals surface area contributed by atoms with Crippen molar-refractivity contribution >= 4 is 29.3 Å². The molecule has 5 nitrogen and oxygen atoms in total. The van der Waals surface area contributed by atoms with Crippen molar-refractivity contribution in [1.29, 1.82) is 0 Å². The Labute approximate surface area is 166 Å². The number of aryl methyl sites for hydroxylation is 1. The molecule has 1 aromatic heterocycles. The molecule has 0 fully saturated rings. The lowest BCUT2D eigenvalue weighted by molar-refractivity contribution is -0.119. The van der Waals surface area contributed by atoms with Crippen LogP contribution >= 0.6 is 23.4 Å². The molecular formula is C19H18ClFN4OS. The third-order valence-corrected chi connectivity index (χ3v) is 5.38. The number of thioether (sulfide) groups is 1. The second-order valence-electron chi connectivity index (χ2n) is 6.05. The van der Waals surface area contributed by atoms with Crippen LogP contribution in [-0.2, 0) is 4.79 Å². The second kappa shape index (κ2) is 8.54. The summed E-state index contributed by atoms with van der Waals surface area (Å²) in [5.74, 6) is -0.263. The van der Waals surface area contributed by atoms with Crippen molar-refractivity contribution in [3.63, 3.8) is 0 Å². The third kappa shape index (κ3) is 4.87. The minimum atomic E-state index is -0.302. The molecule has 140 valence electrons. The fourth-order valence-corrected chi connectivity index (χ4v) is 3.39. The lowest BCUT2D eigenvalue weighted by Gasteiger charge is -2.14. The van der Waals surface area contributed by atoms with Gasteiger partial charge in [0.2, 0.25) is 5.91 Å². The largest absolute Gasteiger partial charge is 0.349 e. The topological polar surface area (TPSA) is 59.8 Å². The van der Waals surface area contributed by atoms with Gasteiger partial charge in [-0.15, -0.1) is 10.2 Å². The number of hydrogen-bond acceptors (Lipinski definition) is 4. The highest BCUT2D eigenvalue weighted by atomic mass is 35.5. The molecule has 0 spiro atoms. The summed E-state index contributed by atoms with van der Waals surface area (Å²) in [6.07, 6.45) is 1.59. The predicted molar refractivity (Wildman–Crippen MR) is 105 cm³/mol. The predicted octanol–water partition coefficient (Wildman–Crippen LogP) is 4.34. The van der Waals surface area contributed by atoms with Crippen molar-refractivity contribution in [3.05, 3.63) is 70.8 Å². The molecule has 0 radical (unpaired) electrons. The number of halogens is 2. The Morgan fingerprint density at radius 3 is 2.74 bits per heavy atom. The van der Waals surface area contributed by atoms with Crippen molar-refractivity contribution in [3.8, 4) is 5.69 Å². The fourth-order valence-electron chi connectivity index (χ4n) is 2.48. The number of aromatic nitrogens is 3. The number of benzene rings is 2. The average molecular weight is 405 g/mol. The lowest BCUT2D eigenvalue weighted by atomic mass is 10.1. The first-order valence-electron chi connectivity index (χ1n) is 8.28. The van der Waals surface area contributed by atoms with E-state index < -0.39 is 0 Å². The Bertz CT molecular complexity index is 945. The van der Waals surface area contributed by atoms with Gasteiger partial charge in [-0.3, -0.25) is 9.36 Å². The Balaban J connectivity index is 1.62. The standard InChI is InChI=1S/C19H18ClFN4OS/c1-12-3-8-16(9-17(12)20)25-11-22-24-19(25)27-10-18(26)23-13(2)14-4-6-15(21)7-5-14/h3-9,11,13H,10H2,1-2H3,(H,23,26). The Morgan fingerprint density at radius 2 is 2.04 bits per heavy atom. The number of nitrogens with zero attached hydrogens (tertiary/aromatic N) is 3. The van der Waals surface area contributed by atoms with Crippen molar-refractivity contribution < 1.29 is 9.18 Å². The van der Waals surface area contributed by atoms with Crippen LogP contribution in [0.4, 0.5) is 4.39 Å². The molecule has 0 saturated heterocycles. The van der Waals surface area contributed by atoms with Gasteiger partial charge in [-0.2, -0.15) is 0 Å². The van der Waals surface area contributed by atoms with Gasteiger partial charge in [-0.05, 0) is 49.2 Å². The van der Waals surface area contributed by atoms with Gasteiger partial charge >= 0.3 is 0 Å². The first kappa shape index (κ1) is 19.4. The van der Waals surface area contributed by atoms with Gasteiger partial charge in [0, 0.05) is 5.02 Å². The quantitative estimate of drug-likeness (QED) is 0.621. The number of carbonyl (C=O) groups excluding carboxylic acids is 1. The molecule has 0 aliphatic rings. The normalized spacial score (nSPS) is 12.0. The number of hydrogen-bond donors (Lipinski definition) is 1. The van der Waals surface area contributed by atoms with Crippen LogP contribution in [0.3, 0.4) is 0 Å². The summed E-state index contributed by atoms with van der Waals surface area (Å²) < 4.78 is 14.8. The minimum absolute atomic E-state index is 0.145. The molecule has 0 aliphatic heterocycles. The molecule has 1 N–H and O–H groups in total. The zero-order valence-electron chi connectivity index (χ0n) is 14.8. The maximum Gasteiger partial charge on any atom is 0.230 e. The summed E-state index contributed by atoms with van der Waals surface area (Å²) in [6, 6.07) is 11.5.